The highest BCUT2D eigenvalue weighted by Gasteiger charge is 2.26. The van der Waals surface area contributed by atoms with Gasteiger partial charge in [0.2, 0.25) is 5.75 Å². The Kier molecular flexibility index (Phi) is 6.72. The van der Waals surface area contributed by atoms with Crippen LogP contribution >= 0.6 is 0 Å². The number of anilines is 1. The number of ether oxygens (including phenoxy) is 3. The Balaban J connectivity index is 1.61. The number of allylic oxidation sites excluding steroid dienone is 1. The van der Waals surface area contributed by atoms with E-state index in [9.17, 15) is 4.79 Å². The first-order valence-electron chi connectivity index (χ1n) is 10.9. The fraction of sp³-hybridized carbons (Fsp3) is 0.417. The molecule has 0 unspecified atom stereocenters. The zero-order valence-corrected chi connectivity index (χ0v) is 18.1. The molecule has 0 spiro atoms. The molecule has 0 radical (unpaired) electrons. The average Bonchev–Trinajstić information content (AvgIpc) is 2.94. The zero-order valence-electron chi connectivity index (χ0n) is 18.1. The number of nitrogens with zero attached hydrogens (tertiary/aromatic N) is 1. The van der Waals surface area contributed by atoms with Crippen molar-refractivity contribution in [3.63, 3.8) is 0 Å². The maximum Gasteiger partial charge on any atom is 0.204 e. The van der Waals surface area contributed by atoms with Gasteiger partial charge >= 0.3 is 0 Å². The highest BCUT2D eigenvalue weighted by atomic mass is 16.5. The summed E-state index contributed by atoms with van der Waals surface area (Å²) in [6.07, 6.45) is 8.53. The van der Waals surface area contributed by atoms with E-state index in [0.29, 0.717) is 42.6 Å². The van der Waals surface area contributed by atoms with Crippen LogP contribution < -0.4 is 24.8 Å². The predicted molar refractivity (Wildman–Crippen MR) is 120 cm³/mol. The maximum atomic E-state index is 12.6. The zero-order chi connectivity index (χ0) is 21.6. The quantitative estimate of drug-likeness (QED) is 0.595. The predicted octanol–water partition coefficient (Wildman–Crippen LogP) is 3.72. The Labute approximate surface area is 182 Å². The SMILES string of the molecule is CCCNCCCCOc1c(OC)ccc2c1OCc1cncc3c1NC2=CC(=O)C3. The molecule has 7 heteroatoms. The van der Waals surface area contributed by atoms with Gasteiger partial charge < -0.3 is 24.8 Å². The van der Waals surface area contributed by atoms with Crippen molar-refractivity contribution in [2.24, 2.45) is 0 Å². The standard InChI is InChI=1S/C24H29N3O4/c1-3-8-25-9-4-5-10-30-24-21(29-2)7-6-19-20-12-18(28)11-16-13-26-14-17(22(16)27-20)15-31-23(19)24/h6-7,12-14,25,27H,3-5,8-11,15H2,1-2H3. The van der Waals surface area contributed by atoms with E-state index in [2.05, 4.69) is 22.5 Å². The van der Waals surface area contributed by atoms with Gasteiger partial charge in [0.05, 0.1) is 25.1 Å². The second-order valence-electron chi connectivity index (χ2n) is 7.73. The third-order valence-electron chi connectivity index (χ3n) is 5.41. The first-order chi connectivity index (χ1) is 15.2. The lowest BCUT2D eigenvalue weighted by molar-refractivity contribution is -0.113. The molecule has 31 heavy (non-hydrogen) atoms. The lowest BCUT2D eigenvalue weighted by atomic mass is 10.1. The van der Waals surface area contributed by atoms with Crippen LogP contribution in [0.15, 0.2) is 30.6 Å². The summed E-state index contributed by atoms with van der Waals surface area (Å²) in [5.74, 6) is 1.77. The van der Waals surface area contributed by atoms with Crippen molar-refractivity contribution in [3.8, 4) is 17.2 Å². The molecule has 4 rings (SSSR count). The first kappa shape index (κ1) is 21.2. The molecule has 0 saturated heterocycles. The van der Waals surface area contributed by atoms with Crippen LogP contribution in [0.2, 0.25) is 0 Å². The van der Waals surface area contributed by atoms with Crippen LogP contribution in [0.25, 0.3) is 5.70 Å². The van der Waals surface area contributed by atoms with Gasteiger partial charge in [-0.3, -0.25) is 9.78 Å². The normalized spacial score (nSPS) is 14.3. The molecule has 0 atom stereocenters. The van der Waals surface area contributed by atoms with Crippen molar-refractivity contribution in [1.29, 1.82) is 0 Å². The molecule has 0 saturated carbocycles. The highest BCUT2D eigenvalue weighted by Crippen LogP contribution is 2.45. The molecular formula is C24H29N3O4. The molecule has 164 valence electrons. The lowest BCUT2D eigenvalue weighted by Crippen LogP contribution is -2.16. The van der Waals surface area contributed by atoms with Crippen LogP contribution in [-0.2, 0) is 17.8 Å². The molecule has 2 bridgehead atoms. The smallest absolute Gasteiger partial charge is 0.204 e. The van der Waals surface area contributed by atoms with E-state index in [0.717, 1.165) is 54.7 Å². The van der Waals surface area contributed by atoms with E-state index >= 15 is 0 Å². The van der Waals surface area contributed by atoms with E-state index in [-0.39, 0.29) is 5.78 Å². The van der Waals surface area contributed by atoms with Crippen LogP contribution in [0, 0.1) is 0 Å². The Bertz CT molecular complexity index is 987. The number of hydrogen-bond acceptors (Lipinski definition) is 7. The van der Waals surface area contributed by atoms with Crippen LogP contribution in [-0.4, -0.2) is 37.6 Å². The summed E-state index contributed by atoms with van der Waals surface area (Å²) >= 11 is 0. The Morgan fingerprint density at radius 3 is 2.90 bits per heavy atom. The van der Waals surface area contributed by atoms with Crippen LogP contribution in [0.1, 0.15) is 42.9 Å². The monoisotopic (exact) mass is 423 g/mol. The van der Waals surface area contributed by atoms with E-state index in [4.69, 9.17) is 14.2 Å². The van der Waals surface area contributed by atoms with E-state index in [1.807, 2.05) is 12.1 Å². The molecule has 2 aromatic rings. The third-order valence-corrected chi connectivity index (χ3v) is 5.41. The minimum Gasteiger partial charge on any atom is -0.493 e. The van der Waals surface area contributed by atoms with E-state index < -0.39 is 0 Å². The molecule has 3 heterocycles. The van der Waals surface area contributed by atoms with Gasteiger partial charge in [-0.15, -0.1) is 0 Å². The van der Waals surface area contributed by atoms with Gasteiger partial charge in [-0.25, -0.2) is 0 Å². The molecule has 0 aliphatic carbocycles. The number of fused-ring (bicyclic) bond motifs is 3. The highest BCUT2D eigenvalue weighted by molar-refractivity contribution is 6.04. The Morgan fingerprint density at radius 1 is 1.19 bits per heavy atom. The number of unbranched alkanes of at least 4 members (excludes halogenated alkanes) is 1. The summed E-state index contributed by atoms with van der Waals surface area (Å²) in [6, 6.07) is 3.76. The minimum absolute atomic E-state index is 0.0194. The number of rotatable bonds is 9. The molecule has 0 amide bonds. The summed E-state index contributed by atoms with van der Waals surface area (Å²) in [6.45, 7) is 5.04. The number of carbonyl (C=O) groups is 1. The summed E-state index contributed by atoms with van der Waals surface area (Å²) in [4.78, 5) is 16.8. The molecule has 7 nitrogen and oxygen atoms in total. The van der Waals surface area contributed by atoms with Crippen molar-refractivity contribution in [3.05, 3.63) is 47.3 Å². The van der Waals surface area contributed by atoms with Gasteiger partial charge in [0.1, 0.15) is 6.61 Å². The van der Waals surface area contributed by atoms with Crippen LogP contribution in [0.4, 0.5) is 5.69 Å². The average molecular weight is 424 g/mol. The van der Waals surface area contributed by atoms with Crippen molar-refractivity contribution in [2.45, 2.75) is 39.2 Å². The fourth-order valence-corrected chi connectivity index (χ4v) is 3.85. The van der Waals surface area contributed by atoms with Gasteiger partial charge in [-0.05, 0) is 44.5 Å². The minimum atomic E-state index is 0.0194. The molecule has 2 aliphatic heterocycles. The molecular weight excluding hydrogens is 394 g/mol. The van der Waals surface area contributed by atoms with Crippen molar-refractivity contribution in [2.75, 3.05) is 32.1 Å². The number of methoxy groups -OCH3 is 1. The third kappa shape index (κ3) is 4.66. The Morgan fingerprint density at radius 2 is 2.06 bits per heavy atom. The second-order valence-corrected chi connectivity index (χ2v) is 7.73. The lowest BCUT2D eigenvalue weighted by Gasteiger charge is -2.24. The van der Waals surface area contributed by atoms with Crippen molar-refractivity contribution in [1.82, 2.24) is 10.3 Å². The Hall–Kier alpha value is -3.06. The number of ketones is 1. The van der Waals surface area contributed by atoms with Gasteiger partial charge in [0.25, 0.3) is 0 Å². The molecule has 2 N–H and O–H groups in total. The maximum absolute atomic E-state index is 12.6. The summed E-state index contributed by atoms with van der Waals surface area (Å²) in [7, 11) is 1.62. The van der Waals surface area contributed by atoms with Crippen LogP contribution in [0.3, 0.4) is 0 Å². The van der Waals surface area contributed by atoms with Gasteiger partial charge in [0.15, 0.2) is 17.3 Å². The molecule has 2 aliphatic rings. The summed E-state index contributed by atoms with van der Waals surface area (Å²) < 4.78 is 17.9. The van der Waals surface area contributed by atoms with Gasteiger partial charge in [0, 0.05) is 41.6 Å². The summed E-state index contributed by atoms with van der Waals surface area (Å²) in [5, 5.41) is 6.84. The summed E-state index contributed by atoms with van der Waals surface area (Å²) in [5.41, 5.74) is 4.16. The first-order valence-corrected chi connectivity index (χ1v) is 10.9. The number of carbonyl (C=O) groups excluding carboxylic acids is 1. The van der Waals surface area contributed by atoms with Gasteiger partial charge in [-0.2, -0.15) is 0 Å². The second kappa shape index (κ2) is 9.83. The molecule has 0 fully saturated rings. The van der Waals surface area contributed by atoms with Crippen molar-refractivity contribution < 1.29 is 19.0 Å². The van der Waals surface area contributed by atoms with Crippen LogP contribution in [0.5, 0.6) is 17.2 Å². The van der Waals surface area contributed by atoms with E-state index in [1.165, 1.54) is 0 Å². The number of benzene rings is 1. The fourth-order valence-electron chi connectivity index (χ4n) is 3.85. The largest absolute Gasteiger partial charge is 0.493 e. The molecule has 1 aromatic carbocycles. The number of hydrogen-bond donors (Lipinski definition) is 2. The van der Waals surface area contributed by atoms with E-state index in [1.54, 1.807) is 25.6 Å². The topological polar surface area (TPSA) is 81.7 Å². The number of pyridine rings is 1. The number of nitrogens with one attached hydrogen (secondary N) is 2. The molecule has 1 aromatic heterocycles. The van der Waals surface area contributed by atoms with Crippen molar-refractivity contribution >= 4 is 17.2 Å². The number of aromatic nitrogens is 1. The van der Waals surface area contributed by atoms with Gasteiger partial charge in [-0.1, -0.05) is 6.92 Å².